The molecule has 0 aliphatic heterocycles. The Balaban J connectivity index is 1.67. The Morgan fingerprint density at radius 1 is 1.08 bits per heavy atom. The number of aryl methyl sites for hydroxylation is 1. The Morgan fingerprint density at radius 3 is 2.42 bits per heavy atom. The Kier molecular flexibility index (Phi) is 4.89. The summed E-state index contributed by atoms with van der Waals surface area (Å²) in [4.78, 5) is 16.6. The molecule has 0 spiro atoms. The number of nitrogens with zero attached hydrogens (tertiary/aromatic N) is 2. The van der Waals surface area contributed by atoms with Crippen molar-refractivity contribution in [2.45, 2.75) is 39.7 Å². The highest BCUT2D eigenvalue weighted by molar-refractivity contribution is 5.95. The van der Waals surface area contributed by atoms with Crippen LogP contribution >= 0.6 is 0 Å². The minimum absolute atomic E-state index is 0.0980. The number of hydrogen-bond acceptors (Lipinski definition) is 4. The van der Waals surface area contributed by atoms with Crippen LogP contribution in [0.15, 0.2) is 53.1 Å². The molecule has 2 aromatic carbocycles. The number of hydrogen-bond donors (Lipinski definition) is 1. The van der Waals surface area contributed by atoms with Gasteiger partial charge in [0, 0.05) is 11.1 Å². The van der Waals surface area contributed by atoms with Crippen molar-refractivity contribution < 1.29 is 9.32 Å². The van der Waals surface area contributed by atoms with E-state index < -0.39 is 0 Å². The maximum absolute atomic E-state index is 12.2. The molecule has 0 unspecified atom stereocenters. The van der Waals surface area contributed by atoms with Crippen molar-refractivity contribution >= 4 is 5.91 Å². The van der Waals surface area contributed by atoms with E-state index in [2.05, 4.69) is 48.4 Å². The normalized spacial score (nSPS) is 11.4. The van der Waals surface area contributed by atoms with Gasteiger partial charge in [0.2, 0.25) is 11.7 Å². The Morgan fingerprint density at radius 2 is 1.77 bits per heavy atom. The number of carbonyl (C=O) groups excluding carboxylic acids is 1. The van der Waals surface area contributed by atoms with E-state index in [0.29, 0.717) is 17.3 Å². The third kappa shape index (κ3) is 3.99. The minimum atomic E-state index is -0.155. The first-order valence-corrected chi connectivity index (χ1v) is 8.62. The first-order chi connectivity index (χ1) is 12.3. The van der Waals surface area contributed by atoms with Crippen molar-refractivity contribution in [3.63, 3.8) is 0 Å². The summed E-state index contributed by atoms with van der Waals surface area (Å²) >= 11 is 0. The number of amides is 1. The number of carbonyl (C=O) groups is 1. The molecule has 3 rings (SSSR count). The lowest BCUT2D eigenvalue weighted by atomic mass is 9.87. The zero-order chi connectivity index (χ0) is 18.7. The summed E-state index contributed by atoms with van der Waals surface area (Å²) in [5, 5.41) is 6.82. The van der Waals surface area contributed by atoms with Crippen LogP contribution in [0.25, 0.3) is 11.4 Å². The number of aromatic nitrogens is 2. The van der Waals surface area contributed by atoms with Gasteiger partial charge in [-0.2, -0.15) is 4.98 Å². The fourth-order valence-corrected chi connectivity index (χ4v) is 2.64. The van der Waals surface area contributed by atoms with Gasteiger partial charge in [0.1, 0.15) is 0 Å². The SMILES string of the molecule is Cc1ccccc1C(=O)NCc1nc(-c2ccc(C(C)(C)C)cc2)no1. The third-order valence-electron chi connectivity index (χ3n) is 4.27. The first kappa shape index (κ1) is 17.9. The average Bonchev–Trinajstić information content (AvgIpc) is 3.08. The quantitative estimate of drug-likeness (QED) is 0.764. The van der Waals surface area contributed by atoms with Gasteiger partial charge in [-0.3, -0.25) is 4.79 Å². The van der Waals surface area contributed by atoms with Crippen LogP contribution in [0.4, 0.5) is 0 Å². The van der Waals surface area contributed by atoms with E-state index in [9.17, 15) is 4.79 Å². The lowest BCUT2D eigenvalue weighted by Crippen LogP contribution is -2.23. The number of nitrogens with one attached hydrogen (secondary N) is 1. The molecule has 1 aromatic heterocycles. The highest BCUT2D eigenvalue weighted by Crippen LogP contribution is 2.25. The maximum Gasteiger partial charge on any atom is 0.251 e. The van der Waals surface area contributed by atoms with Gasteiger partial charge in [-0.25, -0.2) is 0 Å². The van der Waals surface area contributed by atoms with E-state index in [1.807, 2.05) is 37.3 Å². The smallest absolute Gasteiger partial charge is 0.251 e. The molecule has 5 heteroatoms. The second-order valence-electron chi connectivity index (χ2n) is 7.34. The van der Waals surface area contributed by atoms with Gasteiger partial charge in [0.15, 0.2) is 0 Å². The molecule has 1 amide bonds. The van der Waals surface area contributed by atoms with Crippen molar-refractivity contribution in [3.8, 4) is 11.4 Å². The molecule has 26 heavy (non-hydrogen) atoms. The van der Waals surface area contributed by atoms with Crippen LogP contribution in [0, 0.1) is 6.92 Å². The van der Waals surface area contributed by atoms with Crippen LogP contribution in [0.3, 0.4) is 0 Å². The molecule has 1 heterocycles. The predicted molar refractivity (Wildman–Crippen MR) is 101 cm³/mol. The maximum atomic E-state index is 12.2. The highest BCUT2D eigenvalue weighted by Gasteiger charge is 2.15. The molecule has 5 nitrogen and oxygen atoms in total. The summed E-state index contributed by atoms with van der Waals surface area (Å²) in [6.07, 6.45) is 0. The summed E-state index contributed by atoms with van der Waals surface area (Å²) in [5.41, 5.74) is 3.80. The van der Waals surface area contributed by atoms with Gasteiger partial charge < -0.3 is 9.84 Å². The second kappa shape index (κ2) is 7.12. The molecule has 1 N–H and O–H groups in total. The number of benzene rings is 2. The zero-order valence-electron chi connectivity index (χ0n) is 15.5. The Bertz CT molecular complexity index is 906. The molecule has 0 aliphatic carbocycles. The van der Waals surface area contributed by atoms with Crippen LogP contribution < -0.4 is 5.32 Å². The van der Waals surface area contributed by atoms with Gasteiger partial charge in [0.05, 0.1) is 6.54 Å². The van der Waals surface area contributed by atoms with Crippen LogP contribution in [0.5, 0.6) is 0 Å². The minimum Gasteiger partial charge on any atom is -0.343 e. The van der Waals surface area contributed by atoms with Crippen LogP contribution in [0.2, 0.25) is 0 Å². The van der Waals surface area contributed by atoms with Gasteiger partial charge in [-0.15, -0.1) is 0 Å². The molecular formula is C21H23N3O2. The summed E-state index contributed by atoms with van der Waals surface area (Å²) < 4.78 is 5.26. The van der Waals surface area contributed by atoms with E-state index in [4.69, 9.17) is 4.52 Å². The molecule has 0 fully saturated rings. The molecular weight excluding hydrogens is 326 g/mol. The average molecular weight is 349 g/mol. The Labute approximate surface area is 153 Å². The van der Waals surface area contributed by atoms with E-state index in [0.717, 1.165) is 11.1 Å². The number of rotatable bonds is 4. The molecule has 3 aromatic rings. The first-order valence-electron chi connectivity index (χ1n) is 8.62. The Hall–Kier alpha value is -2.95. The van der Waals surface area contributed by atoms with Gasteiger partial charge >= 0.3 is 0 Å². The molecule has 0 aliphatic rings. The van der Waals surface area contributed by atoms with Gasteiger partial charge in [0.25, 0.3) is 5.91 Å². The molecule has 0 bridgehead atoms. The summed E-state index contributed by atoms with van der Waals surface area (Å²) in [5.74, 6) is 0.741. The van der Waals surface area contributed by atoms with Crippen molar-refractivity contribution in [2.75, 3.05) is 0 Å². The highest BCUT2D eigenvalue weighted by atomic mass is 16.5. The second-order valence-corrected chi connectivity index (χ2v) is 7.34. The summed E-state index contributed by atoms with van der Waals surface area (Å²) in [6, 6.07) is 15.6. The van der Waals surface area contributed by atoms with Crippen LogP contribution in [-0.2, 0) is 12.0 Å². The lowest BCUT2D eigenvalue weighted by molar-refractivity contribution is 0.0945. The van der Waals surface area contributed by atoms with Gasteiger partial charge in [-0.1, -0.05) is 68.4 Å². The summed E-state index contributed by atoms with van der Waals surface area (Å²) in [7, 11) is 0. The topological polar surface area (TPSA) is 68.0 Å². The molecule has 134 valence electrons. The van der Waals surface area contributed by atoms with Gasteiger partial charge in [-0.05, 0) is 29.5 Å². The van der Waals surface area contributed by atoms with Crippen molar-refractivity contribution in [2.24, 2.45) is 0 Å². The van der Waals surface area contributed by atoms with E-state index in [1.54, 1.807) is 6.07 Å². The van der Waals surface area contributed by atoms with Crippen molar-refractivity contribution in [3.05, 3.63) is 71.1 Å². The molecule has 0 saturated heterocycles. The lowest BCUT2D eigenvalue weighted by Gasteiger charge is -2.18. The summed E-state index contributed by atoms with van der Waals surface area (Å²) in [6.45, 7) is 8.62. The van der Waals surface area contributed by atoms with E-state index in [-0.39, 0.29) is 17.9 Å². The largest absolute Gasteiger partial charge is 0.343 e. The van der Waals surface area contributed by atoms with Crippen molar-refractivity contribution in [1.82, 2.24) is 15.5 Å². The fraction of sp³-hybridized carbons (Fsp3) is 0.286. The standard InChI is InChI=1S/C21H23N3O2/c1-14-7-5-6-8-17(14)20(25)22-13-18-23-19(24-26-18)15-9-11-16(12-10-15)21(2,3)4/h5-12H,13H2,1-4H3,(H,22,25). The van der Waals surface area contributed by atoms with Crippen LogP contribution in [-0.4, -0.2) is 16.0 Å². The monoisotopic (exact) mass is 349 g/mol. The molecule has 0 atom stereocenters. The fourth-order valence-electron chi connectivity index (χ4n) is 2.64. The zero-order valence-corrected chi connectivity index (χ0v) is 15.5. The van der Waals surface area contributed by atoms with Crippen molar-refractivity contribution in [1.29, 1.82) is 0 Å². The van der Waals surface area contributed by atoms with E-state index in [1.165, 1.54) is 5.56 Å². The molecule has 0 radical (unpaired) electrons. The van der Waals surface area contributed by atoms with E-state index >= 15 is 0 Å². The third-order valence-corrected chi connectivity index (χ3v) is 4.27. The molecule has 0 saturated carbocycles. The van der Waals surface area contributed by atoms with Crippen LogP contribution in [0.1, 0.15) is 48.1 Å². The predicted octanol–water partition coefficient (Wildman–Crippen LogP) is 4.27.